The fraction of sp³-hybridized carbons (Fsp3) is 0.900. The van der Waals surface area contributed by atoms with E-state index in [4.69, 9.17) is 4.74 Å². The molecule has 2 rings (SSSR count). The average molecular weight is 201 g/mol. The second kappa shape index (κ2) is 2.48. The normalized spacial score (nSPS) is 45.8. The molecule has 4 heteroatoms. The van der Waals surface area contributed by atoms with Crippen molar-refractivity contribution in [1.82, 2.24) is 4.90 Å². The molecule has 2 saturated heterocycles. The van der Waals surface area contributed by atoms with Crippen molar-refractivity contribution < 1.29 is 13.9 Å². The summed E-state index contributed by atoms with van der Waals surface area (Å²) in [5.41, 5.74) is -2.38. The van der Waals surface area contributed by atoms with E-state index in [0.717, 1.165) is 0 Å². The zero-order valence-corrected chi connectivity index (χ0v) is 9.00. The van der Waals surface area contributed by atoms with Gasteiger partial charge < -0.3 is 9.64 Å². The predicted molar refractivity (Wildman–Crippen MR) is 49.3 cm³/mol. The predicted octanol–water partition coefficient (Wildman–Crippen LogP) is 1.33. The second-order valence-electron chi connectivity index (χ2n) is 4.86. The highest BCUT2D eigenvalue weighted by Gasteiger charge is 2.62. The molecule has 0 N–H and O–H groups in total. The number of carbonyl (C=O) groups excluding carboxylic acids is 1. The van der Waals surface area contributed by atoms with Crippen LogP contribution in [0, 0.1) is 5.92 Å². The summed E-state index contributed by atoms with van der Waals surface area (Å²) in [5.74, 6) is -0.728. The smallest absolute Gasteiger partial charge is 0.262 e. The number of hydrogen-bond acceptors (Lipinski definition) is 2. The molecule has 0 unspecified atom stereocenters. The van der Waals surface area contributed by atoms with Crippen molar-refractivity contribution in [2.24, 2.45) is 5.92 Å². The number of hydrogen-bond donors (Lipinski definition) is 0. The summed E-state index contributed by atoms with van der Waals surface area (Å²) in [6.45, 7) is 7.19. The van der Waals surface area contributed by atoms with Gasteiger partial charge in [-0.3, -0.25) is 4.79 Å². The van der Waals surface area contributed by atoms with Crippen molar-refractivity contribution >= 4 is 5.91 Å². The van der Waals surface area contributed by atoms with Crippen LogP contribution in [0.1, 0.15) is 27.7 Å². The van der Waals surface area contributed by atoms with Crippen LogP contribution in [-0.2, 0) is 9.53 Å². The first-order valence-electron chi connectivity index (χ1n) is 4.95. The molecule has 80 valence electrons. The van der Waals surface area contributed by atoms with Crippen molar-refractivity contribution in [3.8, 4) is 0 Å². The second-order valence-corrected chi connectivity index (χ2v) is 4.86. The standard InChI is InChI=1S/C10H16FNO2/c1-6-7-5-14-9(2,3)12(7)8(13)10(6,4)11/h6-7H,5H2,1-4H3/t6-,7+,10+/m0/s1. The van der Waals surface area contributed by atoms with Gasteiger partial charge in [0.2, 0.25) is 0 Å². The van der Waals surface area contributed by atoms with Gasteiger partial charge in [0.1, 0.15) is 5.72 Å². The Balaban J connectivity index is 2.40. The lowest BCUT2D eigenvalue weighted by Gasteiger charge is -2.29. The van der Waals surface area contributed by atoms with Crippen molar-refractivity contribution in [1.29, 1.82) is 0 Å². The van der Waals surface area contributed by atoms with Crippen LogP contribution in [0.15, 0.2) is 0 Å². The number of rotatable bonds is 0. The Hall–Kier alpha value is -0.640. The van der Waals surface area contributed by atoms with Gasteiger partial charge in [-0.2, -0.15) is 0 Å². The largest absolute Gasteiger partial charge is 0.354 e. The summed E-state index contributed by atoms with van der Waals surface area (Å²) in [6.07, 6.45) is 0. The lowest BCUT2D eigenvalue weighted by molar-refractivity contribution is -0.151. The van der Waals surface area contributed by atoms with E-state index in [1.165, 1.54) is 6.92 Å². The van der Waals surface area contributed by atoms with Gasteiger partial charge in [-0.05, 0) is 20.8 Å². The van der Waals surface area contributed by atoms with E-state index in [9.17, 15) is 9.18 Å². The minimum absolute atomic E-state index is 0.104. The summed E-state index contributed by atoms with van der Waals surface area (Å²) >= 11 is 0. The lowest BCUT2D eigenvalue weighted by atomic mass is 9.91. The summed E-state index contributed by atoms with van der Waals surface area (Å²) < 4.78 is 19.5. The molecular formula is C10H16FNO2. The van der Waals surface area contributed by atoms with Crippen LogP contribution >= 0.6 is 0 Å². The molecule has 2 aliphatic rings. The van der Waals surface area contributed by atoms with Gasteiger partial charge in [0, 0.05) is 5.92 Å². The zero-order chi connectivity index (χ0) is 10.7. The molecule has 0 radical (unpaired) electrons. The maximum absolute atomic E-state index is 14.0. The molecule has 0 aromatic carbocycles. The maximum Gasteiger partial charge on any atom is 0.262 e. The lowest BCUT2D eigenvalue weighted by Crippen LogP contribution is -2.46. The molecule has 2 aliphatic heterocycles. The highest BCUT2D eigenvalue weighted by atomic mass is 19.1. The molecule has 3 atom stereocenters. The highest BCUT2D eigenvalue weighted by Crippen LogP contribution is 2.45. The van der Waals surface area contributed by atoms with E-state index >= 15 is 0 Å². The average Bonchev–Trinajstić information content (AvgIpc) is 2.45. The molecule has 0 aliphatic carbocycles. The first kappa shape index (κ1) is 9.90. The van der Waals surface area contributed by atoms with Gasteiger partial charge in [-0.25, -0.2) is 4.39 Å². The first-order chi connectivity index (χ1) is 6.28. The third-order valence-electron chi connectivity index (χ3n) is 3.59. The zero-order valence-electron chi connectivity index (χ0n) is 9.00. The quantitative estimate of drug-likeness (QED) is 0.591. The Bertz CT molecular complexity index is 288. The van der Waals surface area contributed by atoms with Crippen molar-refractivity contribution in [2.75, 3.05) is 6.61 Å². The van der Waals surface area contributed by atoms with Gasteiger partial charge in [0.15, 0.2) is 5.67 Å². The fourth-order valence-electron chi connectivity index (χ4n) is 2.39. The Morgan fingerprint density at radius 2 is 2.07 bits per heavy atom. The van der Waals surface area contributed by atoms with E-state index in [1.807, 2.05) is 0 Å². The van der Waals surface area contributed by atoms with Crippen molar-refractivity contribution in [3.63, 3.8) is 0 Å². The molecule has 3 nitrogen and oxygen atoms in total. The van der Waals surface area contributed by atoms with E-state index in [1.54, 1.807) is 25.7 Å². The van der Waals surface area contributed by atoms with E-state index in [0.29, 0.717) is 6.61 Å². The van der Waals surface area contributed by atoms with Crippen LogP contribution in [0.25, 0.3) is 0 Å². The van der Waals surface area contributed by atoms with Crippen LogP contribution in [0.5, 0.6) is 0 Å². The third-order valence-corrected chi connectivity index (χ3v) is 3.59. The molecule has 2 fully saturated rings. The van der Waals surface area contributed by atoms with Crippen LogP contribution < -0.4 is 0 Å². The summed E-state index contributed by atoms with van der Waals surface area (Å²) in [4.78, 5) is 13.4. The van der Waals surface area contributed by atoms with Crippen molar-refractivity contribution in [3.05, 3.63) is 0 Å². The fourth-order valence-corrected chi connectivity index (χ4v) is 2.39. The third kappa shape index (κ3) is 0.975. The number of fused-ring (bicyclic) bond motifs is 1. The number of halogens is 1. The first-order valence-corrected chi connectivity index (χ1v) is 4.95. The molecule has 2 heterocycles. The molecular weight excluding hydrogens is 185 g/mol. The monoisotopic (exact) mass is 201 g/mol. The van der Waals surface area contributed by atoms with Gasteiger partial charge in [0.05, 0.1) is 12.6 Å². The van der Waals surface area contributed by atoms with Crippen LogP contribution in [0.4, 0.5) is 4.39 Å². The topological polar surface area (TPSA) is 29.5 Å². The number of carbonyl (C=O) groups is 1. The van der Waals surface area contributed by atoms with E-state index < -0.39 is 17.3 Å². The van der Waals surface area contributed by atoms with E-state index in [2.05, 4.69) is 0 Å². The molecule has 14 heavy (non-hydrogen) atoms. The molecule has 0 aromatic heterocycles. The molecule has 0 aromatic rings. The Labute approximate surface area is 83.2 Å². The highest BCUT2D eigenvalue weighted by molar-refractivity contribution is 5.88. The van der Waals surface area contributed by atoms with Gasteiger partial charge in [0.25, 0.3) is 5.91 Å². The maximum atomic E-state index is 14.0. The van der Waals surface area contributed by atoms with Crippen LogP contribution in [0.2, 0.25) is 0 Å². The molecule has 0 saturated carbocycles. The Kier molecular flexibility index (Phi) is 1.75. The Morgan fingerprint density at radius 1 is 1.50 bits per heavy atom. The summed E-state index contributed by atoms with van der Waals surface area (Å²) in [5, 5.41) is 0. The molecule has 0 spiro atoms. The van der Waals surface area contributed by atoms with Crippen LogP contribution in [0.3, 0.4) is 0 Å². The number of alkyl halides is 1. The molecule has 0 bridgehead atoms. The van der Waals surface area contributed by atoms with Gasteiger partial charge in [-0.15, -0.1) is 0 Å². The van der Waals surface area contributed by atoms with Gasteiger partial charge >= 0.3 is 0 Å². The van der Waals surface area contributed by atoms with Crippen molar-refractivity contribution in [2.45, 2.75) is 45.1 Å². The van der Waals surface area contributed by atoms with Crippen LogP contribution in [-0.4, -0.2) is 34.8 Å². The Morgan fingerprint density at radius 3 is 2.57 bits per heavy atom. The van der Waals surface area contributed by atoms with Gasteiger partial charge in [-0.1, -0.05) is 6.92 Å². The number of nitrogens with zero attached hydrogens (tertiary/aromatic N) is 1. The number of amides is 1. The number of ether oxygens (including phenoxy) is 1. The SMILES string of the molecule is C[C@H]1[C@H]2COC(C)(C)N2C(=O)[C@]1(C)F. The minimum atomic E-state index is -1.73. The summed E-state index contributed by atoms with van der Waals surface area (Å²) in [7, 11) is 0. The van der Waals surface area contributed by atoms with E-state index in [-0.39, 0.29) is 12.0 Å². The summed E-state index contributed by atoms with van der Waals surface area (Å²) in [6, 6.07) is -0.104. The molecule has 1 amide bonds. The minimum Gasteiger partial charge on any atom is -0.354 e.